The van der Waals surface area contributed by atoms with Crippen LogP contribution in [0.2, 0.25) is 0 Å². The van der Waals surface area contributed by atoms with Crippen molar-refractivity contribution in [3.05, 3.63) is 40.6 Å². The summed E-state index contributed by atoms with van der Waals surface area (Å²) in [6.07, 6.45) is 3.98. The minimum atomic E-state index is -0.0711. The van der Waals surface area contributed by atoms with Gasteiger partial charge < -0.3 is 19.7 Å². The lowest BCUT2D eigenvalue weighted by Gasteiger charge is -2.22. The maximum absolute atomic E-state index is 12.5. The summed E-state index contributed by atoms with van der Waals surface area (Å²) in [4.78, 5) is 33.5. The van der Waals surface area contributed by atoms with Crippen molar-refractivity contribution in [1.82, 2.24) is 24.7 Å². The van der Waals surface area contributed by atoms with Gasteiger partial charge in [-0.1, -0.05) is 6.07 Å². The molecule has 3 rings (SSSR count). The van der Waals surface area contributed by atoms with Crippen LogP contribution in [0, 0.1) is 0 Å². The van der Waals surface area contributed by atoms with Crippen LogP contribution >= 0.6 is 11.3 Å². The molecule has 0 atom stereocenters. The summed E-state index contributed by atoms with van der Waals surface area (Å²) < 4.78 is 1.72. The Bertz CT molecular complexity index is 697. The summed E-state index contributed by atoms with van der Waals surface area (Å²) in [6.45, 7) is 2.94. The Kier molecular flexibility index (Phi) is 5.14. The number of urea groups is 1. The molecular formula is C16H21N5O2S. The van der Waals surface area contributed by atoms with Gasteiger partial charge in [0.1, 0.15) is 5.69 Å². The highest BCUT2D eigenvalue weighted by Gasteiger charge is 2.24. The van der Waals surface area contributed by atoms with Gasteiger partial charge in [-0.2, -0.15) is 0 Å². The number of amides is 3. The molecule has 1 aliphatic rings. The monoisotopic (exact) mass is 347 g/mol. The van der Waals surface area contributed by atoms with Crippen molar-refractivity contribution >= 4 is 23.3 Å². The first kappa shape index (κ1) is 16.5. The van der Waals surface area contributed by atoms with E-state index in [4.69, 9.17) is 0 Å². The molecule has 24 heavy (non-hydrogen) atoms. The zero-order valence-corrected chi connectivity index (χ0v) is 14.5. The van der Waals surface area contributed by atoms with Crippen molar-refractivity contribution in [2.24, 2.45) is 7.05 Å². The van der Waals surface area contributed by atoms with Crippen LogP contribution in [-0.2, 0) is 13.6 Å². The molecule has 3 amide bonds. The Labute approximate surface area is 144 Å². The van der Waals surface area contributed by atoms with Gasteiger partial charge in [-0.15, -0.1) is 11.3 Å². The first-order chi connectivity index (χ1) is 11.6. The molecule has 3 heterocycles. The van der Waals surface area contributed by atoms with E-state index in [1.165, 1.54) is 0 Å². The quantitative estimate of drug-likeness (QED) is 0.915. The van der Waals surface area contributed by atoms with Gasteiger partial charge in [0.15, 0.2) is 0 Å². The largest absolute Gasteiger partial charge is 0.335 e. The Morgan fingerprint density at radius 1 is 1.25 bits per heavy atom. The number of nitrogens with zero attached hydrogens (tertiary/aromatic N) is 4. The highest BCUT2D eigenvalue weighted by molar-refractivity contribution is 7.09. The van der Waals surface area contributed by atoms with Gasteiger partial charge in [0.2, 0.25) is 0 Å². The van der Waals surface area contributed by atoms with Crippen LogP contribution in [0.5, 0.6) is 0 Å². The second-order valence-electron chi connectivity index (χ2n) is 5.76. The first-order valence-electron chi connectivity index (χ1n) is 7.96. The number of rotatable bonds is 3. The van der Waals surface area contributed by atoms with E-state index in [1.807, 2.05) is 24.6 Å². The third kappa shape index (κ3) is 3.76. The zero-order valence-electron chi connectivity index (χ0n) is 13.6. The van der Waals surface area contributed by atoms with Crippen LogP contribution < -0.4 is 5.32 Å². The summed E-state index contributed by atoms with van der Waals surface area (Å²) in [5, 5.41) is 4.94. The molecule has 128 valence electrons. The Morgan fingerprint density at radius 2 is 2.04 bits per heavy atom. The number of carbonyl (C=O) groups excluding carboxylic acids is 2. The highest BCUT2D eigenvalue weighted by Crippen LogP contribution is 2.10. The number of hydrogen-bond donors (Lipinski definition) is 1. The van der Waals surface area contributed by atoms with E-state index < -0.39 is 0 Å². The number of nitrogens with one attached hydrogen (secondary N) is 1. The van der Waals surface area contributed by atoms with Crippen LogP contribution in [0.4, 0.5) is 4.79 Å². The van der Waals surface area contributed by atoms with Crippen molar-refractivity contribution in [2.75, 3.05) is 26.2 Å². The van der Waals surface area contributed by atoms with Crippen LogP contribution in [-0.4, -0.2) is 57.5 Å². The predicted molar refractivity (Wildman–Crippen MR) is 91.9 cm³/mol. The van der Waals surface area contributed by atoms with E-state index in [-0.39, 0.29) is 11.9 Å². The molecule has 1 N–H and O–H groups in total. The van der Waals surface area contributed by atoms with Crippen molar-refractivity contribution < 1.29 is 9.59 Å². The molecule has 0 aliphatic carbocycles. The normalized spacial score (nSPS) is 15.2. The molecule has 1 saturated heterocycles. The van der Waals surface area contributed by atoms with Crippen molar-refractivity contribution in [3.63, 3.8) is 0 Å². The van der Waals surface area contributed by atoms with E-state index in [0.717, 1.165) is 11.3 Å². The fourth-order valence-electron chi connectivity index (χ4n) is 2.74. The van der Waals surface area contributed by atoms with Crippen LogP contribution in [0.25, 0.3) is 0 Å². The second-order valence-corrected chi connectivity index (χ2v) is 6.79. The van der Waals surface area contributed by atoms with Gasteiger partial charge in [0.05, 0.1) is 19.1 Å². The predicted octanol–water partition coefficient (Wildman–Crippen LogP) is 1.54. The number of hydrogen-bond acceptors (Lipinski definition) is 4. The number of carbonyl (C=O) groups is 2. The number of aromatic nitrogens is 2. The van der Waals surface area contributed by atoms with E-state index in [9.17, 15) is 9.59 Å². The Balaban J connectivity index is 1.54. The number of aryl methyl sites for hydroxylation is 1. The molecule has 0 bridgehead atoms. The molecule has 2 aromatic rings. The molecule has 0 radical (unpaired) electrons. The molecule has 0 aromatic carbocycles. The van der Waals surface area contributed by atoms with Gasteiger partial charge in [-0.05, 0) is 17.9 Å². The minimum absolute atomic E-state index is 0.0316. The molecule has 1 aliphatic heterocycles. The zero-order chi connectivity index (χ0) is 16.9. The molecular weight excluding hydrogens is 326 g/mol. The number of imidazole rings is 1. The molecule has 8 heteroatoms. The summed E-state index contributed by atoms with van der Waals surface area (Å²) in [5.74, 6) is -0.0316. The molecule has 1 fully saturated rings. The lowest BCUT2D eigenvalue weighted by molar-refractivity contribution is 0.0752. The van der Waals surface area contributed by atoms with E-state index in [2.05, 4.69) is 10.3 Å². The van der Waals surface area contributed by atoms with Gasteiger partial charge in [-0.25, -0.2) is 9.78 Å². The molecule has 0 spiro atoms. The Morgan fingerprint density at radius 3 is 2.75 bits per heavy atom. The summed E-state index contributed by atoms with van der Waals surface area (Å²) in [6, 6.07) is 3.90. The summed E-state index contributed by atoms with van der Waals surface area (Å²) in [7, 11) is 1.81. The smallest absolute Gasteiger partial charge is 0.317 e. The summed E-state index contributed by atoms with van der Waals surface area (Å²) in [5.41, 5.74) is 0.575. The highest BCUT2D eigenvalue weighted by atomic mass is 32.1. The maximum atomic E-state index is 12.5. The fraction of sp³-hybridized carbons (Fsp3) is 0.438. The minimum Gasteiger partial charge on any atom is -0.335 e. The van der Waals surface area contributed by atoms with E-state index in [1.54, 1.807) is 38.2 Å². The first-order valence-corrected chi connectivity index (χ1v) is 8.84. The SMILES string of the molecule is Cn1cncc1C(=O)N1CCCN(C(=O)NCc2cccs2)CC1. The average molecular weight is 347 g/mol. The third-order valence-electron chi connectivity index (χ3n) is 4.10. The van der Waals surface area contributed by atoms with Gasteiger partial charge in [0, 0.05) is 38.1 Å². The maximum Gasteiger partial charge on any atom is 0.317 e. The van der Waals surface area contributed by atoms with Crippen LogP contribution in [0.3, 0.4) is 0 Å². The molecule has 2 aromatic heterocycles. The van der Waals surface area contributed by atoms with Crippen molar-refractivity contribution in [2.45, 2.75) is 13.0 Å². The topological polar surface area (TPSA) is 70.5 Å². The van der Waals surface area contributed by atoms with E-state index in [0.29, 0.717) is 38.4 Å². The summed E-state index contributed by atoms with van der Waals surface area (Å²) >= 11 is 1.63. The fourth-order valence-corrected chi connectivity index (χ4v) is 3.38. The third-order valence-corrected chi connectivity index (χ3v) is 4.98. The molecule has 0 unspecified atom stereocenters. The van der Waals surface area contributed by atoms with Gasteiger partial charge >= 0.3 is 6.03 Å². The lowest BCUT2D eigenvalue weighted by atomic mass is 10.3. The standard InChI is InChI=1S/C16H21N5O2S/c1-19-12-17-11-14(19)15(22)20-5-3-6-21(8-7-20)16(23)18-10-13-4-2-9-24-13/h2,4,9,11-12H,3,5-8,10H2,1H3,(H,18,23). The lowest BCUT2D eigenvalue weighted by Crippen LogP contribution is -2.42. The van der Waals surface area contributed by atoms with Crippen molar-refractivity contribution in [1.29, 1.82) is 0 Å². The van der Waals surface area contributed by atoms with Crippen LogP contribution in [0.1, 0.15) is 21.8 Å². The average Bonchev–Trinajstić information content (AvgIpc) is 3.18. The van der Waals surface area contributed by atoms with Crippen LogP contribution in [0.15, 0.2) is 30.0 Å². The molecule has 7 nitrogen and oxygen atoms in total. The Hall–Kier alpha value is -2.35. The number of thiophene rings is 1. The van der Waals surface area contributed by atoms with Crippen molar-refractivity contribution in [3.8, 4) is 0 Å². The van der Waals surface area contributed by atoms with Gasteiger partial charge in [-0.3, -0.25) is 4.79 Å². The molecule has 0 saturated carbocycles. The van der Waals surface area contributed by atoms with Gasteiger partial charge in [0.25, 0.3) is 5.91 Å². The second kappa shape index (κ2) is 7.48. The van der Waals surface area contributed by atoms with E-state index >= 15 is 0 Å².